The fraction of sp³-hybridized carbons (Fsp3) is 0.562. The number of hydrogen-bond donors (Lipinski definition) is 1. The maximum Gasteiger partial charge on any atom is 0.228 e. The Hall–Kier alpha value is -1.75. The van der Waals surface area contributed by atoms with E-state index in [9.17, 15) is 0 Å². The summed E-state index contributed by atoms with van der Waals surface area (Å²) in [4.78, 5) is 8.93. The predicted octanol–water partition coefficient (Wildman–Crippen LogP) is 2.76. The zero-order chi connectivity index (χ0) is 14.7. The molecule has 0 aromatic carbocycles. The van der Waals surface area contributed by atoms with Crippen molar-refractivity contribution in [2.24, 2.45) is 5.92 Å². The van der Waals surface area contributed by atoms with Crippen LogP contribution in [0.3, 0.4) is 0 Å². The monoisotopic (exact) mass is 286 g/mol. The third-order valence-corrected chi connectivity index (χ3v) is 4.32. The van der Waals surface area contributed by atoms with Crippen molar-refractivity contribution < 1.29 is 4.52 Å². The minimum atomic E-state index is 0.422. The van der Waals surface area contributed by atoms with Crippen LogP contribution in [0.5, 0.6) is 0 Å². The molecular weight excluding hydrogens is 264 g/mol. The minimum Gasteiger partial charge on any atom is -0.339 e. The van der Waals surface area contributed by atoms with Gasteiger partial charge in [0.2, 0.25) is 11.7 Å². The van der Waals surface area contributed by atoms with Crippen LogP contribution in [-0.4, -0.2) is 28.2 Å². The first kappa shape index (κ1) is 14.2. The van der Waals surface area contributed by atoms with E-state index in [4.69, 9.17) is 4.52 Å². The molecule has 0 saturated heterocycles. The molecule has 1 saturated carbocycles. The van der Waals surface area contributed by atoms with Crippen molar-refractivity contribution in [2.75, 3.05) is 7.05 Å². The summed E-state index contributed by atoms with van der Waals surface area (Å²) < 4.78 is 5.41. The number of aromatic nitrogens is 3. The van der Waals surface area contributed by atoms with E-state index in [1.165, 1.54) is 25.7 Å². The molecule has 21 heavy (non-hydrogen) atoms. The Kier molecular flexibility index (Phi) is 4.29. The number of likely N-dealkylation sites (N-methyl/N-ethyl adjacent to an activating group) is 1. The largest absolute Gasteiger partial charge is 0.339 e. The van der Waals surface area contributed by atoms with Crippen molar-refractivity contribution in [1.82, 2.24) is 20.4 Å². The molecule has 5 heteroatoms. The van der Waals surface area contributed by atoms with Crippen molar-refractivity contribution in [3.8, 4) is 11.5 Å². The molecule has 1 fully saturated rings. The molecule has 1 aliphatic rings. The van der Waals surface area contributed by atoms with Crippen LogP contribution in [0, 0.1) is 12.8 Å². The molecule has 112 valence electrons. The molecule has 1 atom stereocenters. The lowest BCUT2D eigenvalue weighted by Gasteiger charge is -2.20. The first-order valence-corrected chi connectivity index (χ1v) is 7.70. The molecule has 2 heterocycles. The average molecular weight is 286 g/mol. The average Bonchev–Trinajstić information content (AvgIpc) is 3.16. The molecule has 2 aromatic heterocycles. The van der Waals surface area contributed by atoms with Crippen LogP contribution in [0.4, 0.5) is 0 Å². The van der Waals surface area contributed by atoms with E-state index in [1.54, 1.807) is 0 Å². The summed E-state index contributed by atoms with van der Waals surface area (Å²) in [5, 5.41) is 7.47. The van der Waals surface area contributed by atoms with Crippen molar-refractivity contribution >= 4 is 0 Å². The van der Waals surface area contributed by atoms with Gasteiger partial charge in [0.25, 0.3) is 0 Å². The van der Waals surface area contributed by atoms with Gasteiger partial charge in [-0.2, -0.15) is 4.98 Å². The van der Waals surface area contributed by atoms with Gasteiger partial charge in [0.1, 0.15) is 5.69 Å². The zero-order valence-corrected chi connectivity index (χ0v) is 12.7. The van der Waals surface area contributed by atoms with Gasteiger partial charge in [0.15, 0.2) is 0 Å². The molecule has 1 aliphatic carbocycles. The van der Waals surface area contributed by atoms with E-state index in [-0.39, 0.29) is 0 Å². The van der Waals surface area contributed by atoms with Gasteiger partial charge in [-0.1, -0.05) is 24.1 Å². The van der Waals surface area contributed by atoms with Crippen molar-refractivity contribution in [3.05, 3.63) is 29.8 Å². The summed E-state index contributed by atoms with van der Waals surface area (Å²) in [5.41, 5.74) is 1.73. The second-order valence-electron chi connectivity index (χ2n) is 5.82. The molecule has 0 radical (unpaired) electrons. The van der Waals surface area contributed by atoms with E-state index in [1.807, 2.05) is 32.2 Å². The van der Waals surface area contributed by atoms with Crippen LogP contribution >= 0.6 is 0 Å². The van der Waals surface area contributed by atoms with Crippen LogP contribution in [0.1, 0.15) is 37.3 Å². The van der Waals surface area contributed by atoms with Gasteiger partial charge in [0.05, 0.1) is 0 Å². The lowest BCUT2D eigenvalue weighted by atomic mass is 9.95. The van der Waals surface area contributed by atoms with Crippen LogP contribution < -0.4 is 5.32 Å². The first-order chi connectivity index (χ1) is 10.3. The van der Waals surface area contributed by atoms with E-state index < -0.39 is 0 Å². The van der Waals surface area contributed by atoms with Crippen molar-refractivity contribution in [3.63, 3.8) is 0 Å². The van der Waals surface area contributed by atoms with Gasteiger partial charge >= 0.3 is 0 Å². The summed E-state index contributed by atoms with van der Waals surface area (Å²) in [6.45, 7) is 1.96. The van der Waals surface area contributed by atoms with Gasteiger partial charge in [-0.3, -0.25) is 0 Å². The lowest BCUT2D eigenvalue weighted by Crippen LogP contribution is -2.34. The van der Waals surface area contributed by atoms with Crippen molar-refractivity contribution in [1.29, 1.82) is 0 Å². The van der Waals surface area contributed by atoms with Crippen LogP contribution in [0.2, 0.25) is 0 Å². The fourth-order valence-electron chi connectivity index (χ4n) is 3.16. The molecule has 0 bridgehead atoms. The highest BCUT2D eigenvalue weighted by Gasteiger charge is 2.25. The molecular formula is C16H22N4O. The summed E-state index contributed by atoms with van der Waals surface area (Å²) in [6.07, 6.45) is 6.06. The molecule has 2 aromatic rings. The number of pyridine rings is 1. The van der Waals surface area contributed by atoms with E-state index in [0.29, 0.717) is 17.8 Å². The topological polar surface area (TPSA) is 63.8 Å². The van der Waals surface area contributed by atoms with Crippen LogP contribution in [0.25, 0.3) is 11.5 Å². The molecule has 3 rings (SSSR count). The molecule has 1 unspecified atom stereocenters. The third kappa shape index (κ3) is 3.29. The molecule has 0 amide bonds. The van der Waals surface area contributed by atoms with E-state index in [2.05, 4.69) is 20.4 Å². The highest BCUT2D eigenvalue weighted by molar-refractivity contribution is 5.47. The Labute approximate surface area is 125 Å². The summed E-state index contributed by atoms with van der Waals surface area (Å²) in [5.74, 6) is 2.00. The maximum atomic E-state index is 5.41. The predicted molar refractivity (Wildman–Crippen MR) is 80.8 cm³/mol. The van der Waals surface area contributed by atoms with Gasteiger partial charge in [-0.15, -0.1) is 0 Å². The summed E-state index contributed by atoms with van der Waals surface area (Å²) in [6, 6.07) is 6.25. The maximum absolute atomic E-state index is 5.41. The Balaban J connectivity index is 1.72. The SMILES string of the molecule is CNC(Cc1nc(-c2cccc(C)n2)no1)C1CCCC1. The number of hydrogen-bond acceptors (Lipinski definition) is 5. The van der Waals surface area contributed by atoms with Crippen molar-refractivity contribution in [2.45, 2.75) is 45.1 Å². The first-order valence-electron chi connectivity index (χ1n) is 7.70. The van der Waals surface area contributed by atoms with Gasteiger partial charge in [0, 0.05) is 18.2 Å². The third-order valence-electron chi connectivity index (χ3n) is 4.32. The molecule has 0 aliphatic heterocycles. The smallest absolute Gasteiger partial charge is 0.228 e. The second-order valence-corrected chi connectivity index (χ2v) is 5.82. The fourth-order valence-corrected chi connectivity index (χ4v) is 3.16. The standard InChI is InChI=1S/C16H22N4O/c1-11-6-5-9-13(18-11)16-19-15(21-20-16)10-14(17-2)12-7-3-4-8-12/h5-6,9,12,14,17H,3-4,7-8,10H2,1-2H3. The van der Waals surface area contributed by atoms with E-state index in [0.717, 1.165) is 23.7 Å². The minimum absolute atomic E-state index is 0.422. The quantitative estimate of drug-likeness (QED) is 0.915. The molecule has 1 N–H and O–H groups in total. The number of nitrogens with zero attached hydrogens (tertiary/aromatic N) is 3. The summed E-state index contributed by atoms with van der Waals surface area (Å²) >= 11 is 0. The second kappa shape index (κ2) is 6.35. The van der Waals surface area contributed by atoms with Gasteiger partial charge in [-0.05, 0) is 44.9 Å². The Morgan fingerprint density at radius 1 is 1.29 bits per heavy atom. The highest BCUT2D eigenvalue weighted by Crippen LogP contribution is 2.29. The number of nitrogens with one attached hydrogen (secondary N) is 1. The number of rotatable bonds is 5. The summed E-state index contributed by atoms with van der Waals surface area (Å²) in [7, 11) is 2.02. The Bertz CT molecular complexity index is 589. The highest BCUT2D eigenvalue weighted by atomic mass is 16.5. The zero-order valence-electron chi connectivity index (χ0n) is 12.7. The molecule has 5 nitrogen and oxygen atoms in total. The van der Waals surface area contributed by atoms with Crippen LogP contribution in [-0.2, 0) is 6.42 Å². The van der Waals surface area contributed by atoms with Gasteiger partial charge in [-0.25, -0.2) is 4.98 Å². The Morgan fingerprint density at radius 2 is 2.10 bits per heavy atom. The number of aryl methyl sites for hydroxylation is 1. The lowest BCUT2D eigenvalue weighted by molar-refractivity contribution is 0.318. The van der Waals surface area contributed by atoms with Gasteiger partial charge < -0.3 is 9.84 Å². The van der Waals surface area contributed by atoms with Crippen LogP contribution in [0.15, 0.2) is 22.7 Å². The van der Waals surface area contributed by atoms with E-state index >= 15 is 0 Å². The Morgan fingerprint density at radius 3 is 2.81 bits per heavy atom. The molecule has 0 spiro atoms. The normalized spacial score (nSPS) is 17.2.